The molecule has 14 heteroatoms. The second-order valence-electron chi connectivity index (χ2n) is 7.67. The van der Waals surface area contributed by atoms with Gasteiger partial charge in [-0.1, -0.05) is 48.1 Å². The summed E-state index contributed by atoms with van der Waals surface area (Å²) >= 11 is 1.20. The van der Waals surface area contributed by atoms with Gasteiger partial charge in [0.2, 0.25) is 11.9 Å². The standard InChI is InChI=1S/C21H23F3N6O4S.3C2H6/c1-12(2)19(31)29-10-16-17(11-29)27-20(25-4-5-34-35-3)28-18(16)26-9-13-6-14(21(22,23)24)8-15(7-13)30(32)33;3*1-2/h6-8H,1,4-5,9-11H2,2-3H3,(H2,25,26,27,28);3*1-2H3. The number of hydrogen-bond donors (Lipinski definition) is 2. The number of nitro groups is 1. The third kappa shape index (κ3) is 11.6. The van der Waals surface area contributed by atoms with Crippen LogP contribution < -0.4 is 10.6 Å². The summed E-state index contributed by atoms with van der Waals surface area (Å²) in [4.78, 5) is 33.1. The van der Waals surface area contributed by atoms with E-state index in [1.807, 2.05) is 41.5 Å². The Bertz CT molecular complexity index is 1150. The van der Waals surface area contributed by atoms with Crippen LogP contribution in [0.25, 0.3) is 0 Å². The average Bonchev–Trinajstić information content (AvgIpc) is 3.40. The number of alkyl halides is 3. The summed E-state index contributed by atoms with van der Waals surface area (Å²) in [5.74, 6) is 0.293. The highest BCUT2D eigenvalue weighted by molar-refractivity contribution is 7.93. The van der Waals surface area contributed by atoms with Gasteiger partial charge in [-0.15, -0.1) is 0 Å². The lowest BCUT2D eigenvalue weighted by atomic mass is 10.1. The summed E-state index contributed by atoms with van der Waals surface area (Å²) in [6.07, 6.45) is -2.96. The van der Waals surface area contributed by atoms with Gasteiger partial charge in [0.1, 0.15) is 5.82 Å². The zero-order valence-electron chi connectivity index (χ0n) is 24.9. The molecule has 1 aromatic heterocycles. The van der Waals surface area contributed by atoms with Crippen molar-refractivity contribution in [2.24, 2.45) is 0 Å². The number of non-ortho nitro benzene ring substituents is 1. The number of hydrogen-bond acceptors (Lipinski definition) is 9. The summed E-state index contributed by atoms with van der Waals surface area (Å²) in [7, 11) is 0. The molecule has 3 rings (SSSR count). The van der Waals surface area contributed by atoms with Crippen molar-refractivity contribution in [1.29, 1.82) is 0 Å². The molecule has 0 saturated carbocycles. The number of nitro benzene ring substituents is 1. The number of rotatable bonds is 10. The summed E-state index contributed by atoms with van der Waals surface area (Å²) in [6.45, 7) is 18.3. The first-order valence-electron chi connectivity index (χ1n) is 13.3. The Balaban J connectivity index is 0.00000250. The molecule has 0 unspecified atom stereocenters. The van der Waals surface area contributed by atoms with E-state index in [0.717, 1.165) is 12.1 Å². The van der Waals surface area contributed by atoms with Gasteiger partial charge in [0.05, 0.1) is 35.9 Å². The number of carbonyl (C=O) groups is 1. The average molecular weight is 603 g/mol. The van der Waals surface area contributed by atoms with Crippen LogP contribution in [0.2, 0.25) is 0 Å². The molecule has 0 bridgehead atoms. The van der Waals surface area contributed by atoms with Gasteiger partial charge >= 0.3 is 6.18 Å². The lowest BCUT2D eigenvalue weighted by molar-refractivity contribution is -0.385. The largest absolute Gasteiger partial charge is 0.416 e. The molecule has 1 amide bonds. The summed E-state index contributed by atoms with van der Waals surface area (Å²) in [6, 6.07) is 2.41. The highest BCUT2D eigenvalue weighted by atomic mass is 32.2. The van der Waals surface area contributed by atoms with Crippen LogP contribution in [0.4, 0.5) is 30.6 Å². The number of fused-ring (bicyclic) bond motifs is 1. The third-order valence-corrected chi connectivity index (χ3v) is 5.40. The Kier molecular flexibility index (Phi) is 17.3. The van der Waals surface area contributed by atoms with E-state index in [0.29, 0.717) is 41.9 Å². The normalized spacial score (nSPS) is 11.4. The number of amides is 1. The minimum absolute atomic E-state index is 0.0506. The molecule has 2 aromatic rings. The van der Waals surface area contributed by atoms with E-state index < -0.39 is 22.4 Å². The number of halogens is 3. The first-order valence-corrected chi connectivity index (χ1v) is 14.5. The highest BCUT2D eigenvalue weighted by Crippen LogP contribution is 2.33. The lowest BCUT2D eigenvalue weighted by Gasteiger charge is -2.15. The topological polar surface area (TPSA) is 123 Å². The second kappa shape index (κ2) is 18.9. The number of benzene rings is 1. The van der Waals surface area contributed by atoms with Crippen LogP contribution in [0.1, 0.15) is 70.9 Å². The fraction of sp³-hybridized carbons (Fsp3) is 0.519. The van der Waals surface area contributed by atoms with E-state index in [2.05, 4.69) is 27.2 Å². The maximum atomic E-state index is 13.2. The number of anilines is 2. The quantitative estimate of drug-likeness (QED) is 0.0954. The molecule has 0 atom stereocenters. The number of nitrogens with one attached hydrogen (secondary N) is 2. The number of nitrogens with zero attached hydrogens (tertiary/aromatic N) is 4. The summed E-state index contributed by atoms with van der Waals surface area (Å²) in [5.41, 5.74) is -0.212. The van der Waals surface area contributed by atoms with Crippen molar-refractivity contribution in [1.82, 2.24) is 14.9 Å². The Morgan fingerprint density at radius 2 is 1.76 bits per heavy atom. The van der Waals surface area contributed by atoms with Crippen molar-refractivity contribution in [2.75, 3.05) is 30.0 Å². The molecule has 0 aliphatic carbocycles. The summed E-state index contributed by atoms with van der Waals surface area (Å²) in [5, 5.41) is 17.1. The van der Waals surface area contributed by atoms with Gasteiger partial charge in [0.15, 0.2) is 0 Å². The minimum Gasteiger partial charge on any atom is -0.366 e. The van der Waals surface area contributed by atoms with Gasteiger partial charge in [-0.3, -0.25) is 14.9 Å². The molecule has 10 nitrogen and oxygen atoms in total. The van der Waals surface area contributed by atoms with Gasteiger partial charge in [0, 0.05) is 42.6 Å². The number of aromatic nitrogens is 2. The molecule has 1 aromatic carbocycles. The van der Waals surface area contributed by atoms with E-state index in [-0.39, 0.29) is 37.1 Å². The van der Waals surface area contributed by atoms with Crippen molar-refractivity contribution in [3.63, 3.8) is 0 Å². The Labute approximate surface area is 244 Å². The van der Waals surface area contributed by atoms with Crippen molar-refractivity contribution in [3.05, 3.63) is 62.8 Å². The Hall–Kier alpha value is -3.39. The molecular weight excluding hydrogens is 561 g/mol. The van der Waals surface area contributed by atoms with E-state index >= 15 is 0 Å². The molecule has 2 N–H and O–H groups in total. The highest BCUT2D eigenvalue weighted by Gasteiger charge is 2.33. The van der Waals surface area contributed by atoms with Crippen LogP contribution in [-0.2, 0) is 34.8 Å². The maximum absolute atomic E-state index is 13.2. The van der Waals surface area contributed by atoms with Gasteiger partial charge in [-0.05, 0) is 30.6 Å². The predicted molar refractivity (Wildman–Crippen MR) is 159 cm³/mol. The zero-order chi connectivity index (χ0) is 31.8. The first kappa shape index (κ1) is 37.6. The van der Waals surface area contributed by atoms with Gasteiger partial charge in [0.25, 0.3) is 5.69 Å². The van der Waals surface area contributed by atoms with Crippen LogP contribution in [-0.4, -0.2) is 45.1 Å². The smallest absolute Gasteiger partial charge is 0.366 e. The molecule has 0 radical (unpaired) electrons. The Morgan fingerprint density at radius 1 is 1.12 bits per heavy atom. The first-order chi connectivity index (χ1) is 19.5. The maximum Gasteiger partial charge on any atom is 0.416 e. The van der Waals surface area contributed by atoms with Crippen molar-refractivity contribution < 1.29 is 27.1 Å². The molecule has 1 aliphatic heterocycles. The fourth-order valence-electron chi connectivity index (χ4n) is 3.41. The van der Waals surface area contributed by atoms with E-state index in [4.69, 9.17) is 4.18 Å². The van der Waals surface area contributed by atoms with E-state index in [1.165, 1.54) is 16.9 Å². The fourth-order valence-corrected chi connectivity index (χ4v) is 3.66. The Morgan fingerprint density at radius 3 is 2.29 bits per heavy atom. The molecule has 230 valence electrons. The monoisotopic (exact) mass is 602 g/mol. The third-order valence-electron chi connectivity index (χ3n) is 5.00. The zero-order valence-corrected chi connectivity index (χ0v) is 25.8. The van der Waals surface area contributed by atoms with E-state index in [9.17, 15) is 28.1 Å². The van der Waals surface area contributed by atoms with E-state index in [1.54, 1.807) is 13.2 Å². The van der Waals surface area contributed by atoms with Crippen molar-refractivity contribution in [3.8, 4) is 0 Å². The van der Waals surface area contributed by atoms with Crippen LogP contribution in [0, 0.1) is 10.1 Å². The van der Waals surface area contributed by atoms with Crippen molar-refractivity contribution in [2.45, 2.75) is 74.3 Å². The van der Waals surface area contributed by atoms with Crippen molar-refractivity contribution >= 4 is 35.4 Å². The molecular formula is C27H41F3N6O4S. The molecule has 0 spiro atoms. The molecule has 0 saturated heterocycles. The predicted octanol–water partition coefficient (Wildman–Crippen LogP) is 7.22. The minimum atomic E-state index is -4.74. The van der Waals surface area contributed by atoms with Crippen LogP contribution in [0.15, 0.2) is 30.4 Å². The second-order valence-corrected chi connectivity index (χ2v) is 8.24. The van der Waals surface area contributed by atoms with Crippen LogP contribution in [0.3, 0.4) is 0 Å². The molecule has 41 heavy (non-hydrogen) atoms. The van der Waals surface area contributed by atoms with Gasteiger partial charge < -0.3 is 19.7 Å². The molecule has 1 aliphatic rings. The van der Waals surface area contributed by atoms with Crippen LogP contribution in [0.5, 0.6) is 0 Å². The van der Waals surface area contributed by atoms with Crippen LogP contribution >= 0.6 is 12.0 Å². The SMILES string of the molecule is C=C(C)C(=O)N1Cc2nc(NCCOSC)nc(NCc3cc([N+](=O)[O-])cc(C(F)(F)F)c3)c2C1.CC.CC.CC. The number of carbonyl (C=O) groups excluding carboxylic acids is 1. The molecule has 0 fully saturated rings. The summed E-state index contributed by atoms with van der Waals surface area (Å²) < 4.78 is 44.9. The molecule has 2 heterocycles. The van der Waals surface area contributed by atoms with Gasteiger partial charge in [-0.2, -0.15) is 18.2 Å². The lowest BCUT2D eigenvalue weighted by Crippen LogP contribution is -2.25. The van der Waals surface area contributed by atoms with Gasteiger partial charge in [-0.25, -0.2) is 4.98 Å².